The van der Waals surface area contributed by atoms with Gasteiger partial charge in [0.05, 0.1) is 36.5 Å². The molecule has 138 valence electrons. The lowest BCUT2D eigenvalue weighted by Gasteiger charge is -2.53. The van der Waals surface area contributed by atoms with E-state index in [0.717, 1.165) is 34.7 Å². The standard InChI is InChI=1S/C20H24N2O3S/c1-14-3-5-16(6-4-14)19(23)22-12-20(13-22)9-18(7-8-25-20)24-10-17-11-26-15(2)21-17/h3-6,11,18H,7-10,12-13H2,1-2H3/t18-/m0/s1. The number of hydrogen-bond acceptors (Lipinski definition) is 5. The van der Waals surface area contributed by atoms with Crippen molar-refractivity contribution >= 4 is 17.2 Å². The van der Waals surface area contributed by atoms with Gasteiger partial charge in [0.25, 0.3) is 5.91 Å². The fourth-order valence-corrected chi connectivity index (χ4v) is 4.29. The second-order valence-electron chi connectivity index (χ2n) is 7.34. The lowest BCUT2D eigenvalue weighted by Crippen LogP contribution is -2.67. The van der Waals surface area contributed by atoms with Crippen LogP contribution in [0, 0.1) is 13.8 Å². The highest BCUT2D eigenvalue weighted by molar-refractivity contribution is 7.09. The highest BCUT2D eigenvalue weighted by Crippen LogP contribution is 2.36. The Balaban J connectivity index is 1.31. The van der Waals surface area contributed by atoms with Crippen molar-refractivity contribution in [3.05, 3.63) is 51.5 Å². The quantitative estimate of drug-likeness (QED) is 0.826. The summed E-state index contributed by atoms with van der Waals surface area (Å²) in [6, 6.07) is 7.74. The van der Waals surface area contributed by atoms with E-state index >= 15 is 0 Å². The van der Waals surface area contributed by atoms with E-state index < -0.39 is 0 Å². The van der Waals surface area contributed by atoms with Crippen LogP contribution in [0.4, 0.5) is 0 Å². The van der Waals surface area contributed by atoms with Gasteiger partial charge >= 0.3 is 0 Å². The van der Waals surface area contributed by atoms with E-state index in [-0.39, 0.29) is 17.6 Å². The van der Waals surface area contributed by atoms with Gasteiger partial charge in [-0.1, -0.05) is 17.7 Å². The lowest BCUT2D eigenvalue weighted by atomic mass is 9.84. The predicted octanol–water partition coefficient (Wildman–Crippen LogP) is 3.35. The SMILES string of the molecule is Cc1ccc(C(=O)N2CC3(C[C@@H](OCc4csc(C)n4)CCO3)C2)cc1. The van der Waals surface area contributed by atoms with Gasteiger partial charge in [-0.05, 0) is 32.4 Å². The topological polar surface area (TPSA) is 51.7 Å². The molecule has 2 aromatic rings. The number of hydrogen-bond donors (Lipinski definition) is 0. The molecule has 6 heteroatoms. The van der Waals surface area contributed by atoms with E-state index in [0.29, 0.717) is 26.3 Å². The molecule has 1 spiro atoms. The minimum Gasteiger partial charge on any atom is -0.372 e. The van der Waals surface area contributed by atoms with Gasteiger partial charge < -0.3 is 14.4 Å². The third-order valence-corrected chi connectivity index (χ3v) is 5.95. The highest BCUT2D eigenvalue weighted by atomic mass is 32.1. The fourth-order valence-electron chi connectivity index (χ4n) is 3.69. The van der Waals surface area contributed by atoms with Gasteiger partial charge in [0.2, 0.25) is 0 Å². The Bertz CT molecular complexity index is 781. The summed E-state index contributed by atoms with van der Waals surface area (Å²) in [5.74, 6) is 0.0835. The zero-order valence-corrected chi connectivity index (χ0v) is 16.1. The largest absolute Gasteiger partial charge is 0.372 e. The first kappa shape index (κ1) is 17.6. The van der Waals surface area contributed by atoms with E-state index in [1.54, 1.807) is 11.3 Å². The summed E-state index contributed by atoms with van der Waals surface area (Å²) in [6.07, 6.45) is 1.91. The fraction of sp³-hybridized carbons (Fsp3) is 0.500. The first-order chi connectivity index (χ1) is 12.5. The maximum absolute atomic E-state index is 12.6. The van der Waals surface area contributed by atoms with Crippen LogP contribution in [-0.4, -0.2) is 47.2 Å². The number of thiazole rings is 1. The molecule has 3 heterocycles. The van der Waals surface area contributed by atoms with Crippen molar-refractivity contribution < 1.29 is 14.3 Å². The number of rotatable bonds is 4. The average molecular weight is 372 g/mol. The molecule has 0 N–H and O–H groups in total. The number of aromatic nitrogens is 1. The molecule has 0 bridgehead atoms. The van der Waals surface area contributed by atoms with Crippen LogP contribution in [0.1, 0.15) is 39.5 Å². The van der Waals surface area contributed by atoms with Crippen molar-refractivity contribution in [3.8, 4) is 0 Å². The molecule has 1 amide bonds. The summed E-state index contributed by atoms with van der Waals surface area (Å²) in [7, 11) is 0. The van der Waals surface area contributed by atoms with Crippen LogP contribution in [0.5, 0.6) is 0 Å². The molecule has 0 radical (unpaired) electrons. The first-order valence-corrected chi connectivity index (χ1v) is 9.93. The molecule has 0 saturated carbocycles. The van der Waals surface area contributed by atoms with Crippen LogP contribution < -0.4 is 0 Å². The molecular formula is C20H24N2O3S. The van der Waals surface area contributed by atoms with Gasteiger partial charge in [-0.25, -0.2) is 4.98 Å². The number of likely N-dealkylation sites (tertiary alicyclic amines) is 1. The van der Waals surface area contributed by atoms with E-state index in [1.165, 1.54) is 0 Å². The number of amides is 1. The van der Waals surface area contributed by atoms with Crippen LogP contribution in [0.25, 0.3) is 0 Å². The lowest BCUT2D eigenvalue weighted by molar-refractivity contribution is -0.188. The number of aryl methyl sites for hydroxylation is 2. The molecule has 26 heavy (non-hydrogen) atoms. The number of carbonyl (C=O) groups is 1. The Hall–Kier alpha value is -1.76. The van der Waals surface area contributed by atoms with E-state index in [1.807, 2.05) is 43.0 Å². The van der Waals surface area contributed by atoms with E-state index in [9.17, 15) is 4.79 Å². The summed E-state index contributed by atoms with van der Waals surface area (Å²) in [4.78, 5) is 18.9. The number of carbonyl (C=O) groups excluding carboxylic acids is 1. The second-order valence-corrected chi connectivity index (χ2v) is 8.40. The average Bonchev–Trinajstić information content (AvgIpc) is 3.03. The number of nitrogens with zero attached hydrogens (tertiary/aromatic N) is 2. The molecule has 0 unspecified atom stereocenters. The first-order valence-electron chi connectivity index (χ1n) is 9.06. The zero-order chi connectivity index (χ0) is 18.1. The van der Waals surface area contributed by atoms with E-state index in [2.05, 4.69) is 10.4 Å². The van der Waals surface area contributed by atoms with Crippen LogP contribution in [0.2, 0.25) is 0 Å². The van der Waals surface area contributed by atoms with Crippen LogP contribution in [-0.2, 0) is 16.1 Å². The Labute approximate surface area is 157 Å². The molecule has 0 aliphatic carbocycles. The smallest absolute Gasteiger partial charge is 0.254 e. The molecule has 2 aliphatic heterocycles. The van der Waals surface area contributed by atoms with Crippen molar-refractivity contribution in [2.45, 2.75) is 45.0 Å². The van der Waals surface area contributed by atoms with Crippen LogP contribution >= 0.6 is 11.3 Å². The van der Waals surface area contributed by atoms with E-state index in [4.69, 9.17) is 9.47 Å². The maximum Gasteiger partial charge on any atom is 0.254 e. The van der Waals surface area contributed by atoms with Gasteiger partial charge in [0.1, 0.15) is 5.60 Å². The molecule has 1 atom stereocenters. The Morgan fingerprint density at radius 3 is 2.81 bits per heavy atom. The monoisotopic (exact) mass is 372 g/mol. The summed E-state index contributed by atoms with van der Waals surface area (Å²) in [5.41, 5.74) is 2.67. The minimum absolute atomic E-state index is 0.0835. The highest BCUT2D eigenvalue weighted by Gasteiger charge is 2.49. The minimum atomic E-state index is -0.235. The van der Waals surface area contributed by atoms with Gasteiger partial charge in [-0.2, -0.15) is 0 Å². The summed E-state index contributed by atoms with van der Waals surface area (Å²) in [6.45, 7) is 6.57. The molecular weight excluding hydrogens is 348 g/mol. The van der Waals surface area contributed by atoms with Crippen LogP contribution in [0.3, 0.4) is 0 Å². The van der Waals surface area contributed by atoms with Gasteiger partial charge in [-0.3, -0.25) is 4.79 Å². The maximum atomic E-state index is 12.6. The van der Waals surface area contributed by atoms with Crippen molar-refractivity contribution in [1.82, 2.24) is 9.88 Å². The molecule has 1 aromatic carbocycles. The summed E-state index contributed by atoms with van der Waals surface area (Å²) in [5, 5.41) is 3.12. The molecule has 2 saturated heterocycles. The Morgan fingerprint density at radius 1 is 1.35 bits per heavy atom. The number of ether oxygens (including phenoxy) is 2. The van der Waals surface area contributed by atoms with Crippen molar-refractivity contribution in [2.75, 3.05) is 19.7 Å². The third kappa shape index (κ3) is 3.68. The van der Waals surface area contributed by atoms with Crippen molar-refractivity contribution in [3.63, 3.8) is 0 Å². The molecule has 4 rings (SSSR count). The van der Waals surface area contributed by atoms with Crippen molar-refractivity contribution in [2.24, 2.45) is 0 Å². The van der Waals surface area contributed by atoms with Crippen LogP contribution in [0.15, 0.2) is 29.6 Å². The third-order valence-electron chi connectivity index (χ3n) is 5.13. The second kappa shape index (κ2) is 7.10. The molecule has 2 fully saturated rings. The predicted molar refractivity (Wildman–Crippen MR) is 100 cm³/mol. The van der Waals surface area contributed by atoms with Crippen molar-refractivity contribution in [1.29, 1.82) is 0 Å². The zero-order valence-electron chi connectivity index (χ0n) is 15.2. The van der Waals surface area contributed by atoms with Gasteiger partial charge in [0.15, 0.2) is 0 Å². The summed E-state index contributed by atoms with van der Waals surface area (Å²) < 4.78 is 12.1. The van der Waals surface area contributed by atoms with Gasteiger partial charge in [-0.15, -0.1) is 11.3 Å². The summed E-state index contributed by atoms with van der Waals surface area (Å²) >= 11 is 1.65. The Morgan fingerprint density at radius 2 is 2.12 bits per heavy atom. The molecule has 5 nitrogen and oxygen atoms in total. The normalized spacial score (nSPS) is 21.6. The number of benzene rings is 1. The molecule has 2 aliphatic rings. The van der Waals surface area contributed by atoms with Gasteiger partial charge in [0, 0.05) is 24.0 Å². The Kier molecular flexibility index (Phi) is 4.82. The molecule has 1 aromatic heterocycles.